The van der Waals surface area contributed by atoms with E-state index < -0.39 is 41.4 Å². The Bertz CT molecular complexity index is 2410. The van der Waals surface area contributed by atoms with Crippen LogP contribution < -0.4 is 10.7 Å². The predicted molar refractivity (Wildman–Crippen MR) is 240 cm³/mol. The van der Waals surface area contributed by atoms with E-state index in [9.17, 15) is 24.1 Å². The van der Waals surface area contributed by atoms with Crippen molar-refractivity contribution in [3.63, 3.8) is 0 Å². The molecular formula is C46H60N9O7S+. The average molecular weight is 883 g/mol. The van der Waals surface area contributed by atoms with Gasteiger partial charge in [-0.25, -0.2) is 9.82 Å². The largest absolute Gasteiger partial charge is 0.375 e. The lowest BCUT2D eigenvalue weighted by molar-refractivity contribution is -0.835. The van der Waals surface area contributed by atoms with E-state index in [0.717, 1.165) is 44.7 Å². The molecule has 2 fully saturated rings. The van der Waals surface area contributed by atoms with Gasteiger partial charge in [0.25, 0.3) is 5.91 Å². The number of pyridine rings is 1. The Balaban J connectivity index is 1.26. The maximum atomic E-state index is 14.5. The summed E-state index contributed by atoms with van der Waals surface area (Å²) < 4.78 is 7.95. The highest BCUT2D eigenvalue weighted by atomic mass is 32.1. The zero-order chi connectivity index (χ0) is 45.3. The highest BCUT2D eigenvalue weighted by molar-refractivity contribution is 7.10. The van der Waals surface area contributed by atoms with Gasteiger partial charge in [-0.3, -0.25) is 29.2 Å². The second kappa shape index (κ2) is 18.7. The Kier molecular flexibility index (Phi) is 13.5. The van der Waals surface area contributed by atoms with E-state index in [2.05, 4.69) is 53.9 Å². The summed E-state index contributed by atoms with van der Waals surface area (Å²) in [5, 5.41) is 8.00. The lowest BCUT2D eigenvalue weighted by atomic mass is 9.84. The standard InChI is InChI=1S/C46H59N9O7S/c1-10-39(56)53-20-17-30(24-53)44(58)52(8)41(27(2)3)43(57)49-34-22-38-48-35(25-63-38)29-15-16-36-32(21-29)33(42(51(36)7)31-13-11-18-47-40(31)28(4)61-9)23-46(5,6)26-62-55(60)37-14-12-19-54(50-37)45(34)59/h10-11,13,15-16,18,21,25,27-28,30,34,37,41,50H,1,12,14,17,19-20,22-24,26H2,2-9H3/p+1/t28-,30-,34-,37+,41-/m0/s1. The number of rotatable bonds is 9. The topological polar surface area (TPSA) is 171 Å². The molecule has 0 spiro atoms. The first-order valence-corrected chi connectivity index (χ1v) is 22.6. The molecule has 2 saturated heterocycles. The number of fused-ring (bicyclic) bond motifs is 6. The molecule has 6 bridgehead atoms. The minimum absolute atomic E-state index is 0.0675. The summed E-state index contributed by atoms with van der Waals surface area (Å²) in [5.74, 6) is -2.20. The molecule has 0 saturated carbocycles. The van der Waals surface area contributed by atoms with Crippen molar-refractivity contribution in [3.8, 4) is 22.5 Å². The molecule has 4 aromatic rings. The Morgan fingerprint density at radius 1 is 1.17 bits per heavy atom. The van der Waals surface area contributed by atoms with Gasteiger partial charge in [0.05, 0.1) is 39.0 Å². The third kappa shape index (κ3) is 9.41. The highest BCUT2D eigenvalue weighted by Crippen LogP contribution is 2.41. The lowest BCUT2D eigenvalue weighted by Crippen LogP contribution is -2.62. The van der Waals surface area contributed by atoms with Gasteiger partial charge >= 0.3 is 6.17 Å². The molecule has 6 heterocycles. The summed E-state index contributed by atoms with van der Waals surface area (Å²) in [4.78, 5) is 88.1. The average Bonchev–Trinajstić information content (AvgIpc) is 4.02. The van der Waals surface area contributed by atoms with Crippen LogP contribution in [-0.2, 0) is 48.6 Å². The Labute approximate surface area is 372 Å². The van der Waals surface area contributed by atoms with E-state index in [1.165, 1.54) is 27.3 Å². The molecule has 0 aliphatic carbocycles. The van der Waals surface area contributed by atoms with E-state index >= 15 is 0 Å². The van der Waals surface area contributed by atoms with Crippen LogP contribution in [0.3, 0.4) is 0 Å². The first kappa shape index (κ1) is 45.5. The fourth-order valence-electron chi connectivity index (χ4n) is 9.19. The van der Waals surface area contributed by atoms with Gasteiger partial charge in [0.2, 0.25) is 22.6 Å². The smallest absolute Gasteiger partial charge is 0.326 e. The van der Waals surface area contributed by atoms with Crippen LogP contribution >= 0.6 is 11.3 Å². The van der Waals surface area contributed by atoms with Gasteiger partial charge in [-0.05, 0) is 68.0 Å². The Morgan fingerprint density at radius 2 is 1.95 bits per heavy atom. The van der Waals surface area contributed by atoms with Crippen molar-refractivity contribution in [2.24, 2.45) is 24.3 Å². The molecule has 1 aromatic carbocycles. The summed E-state index contributed by atoms with van der Waals surface area (Å²) in [5.41, 5.74) is 9.02. The number of likely N-dealkylation sites (tertiary alicyclic amines) is 1. The number of amides is 4. The normalized spacial score (nSPS) is 21.4. The zero-order valence-electron chi connectivity index (χ0n) is 37.6. The maximum absolute atomic E-state index is 14.5. The molecule has 7 rings (SSSR count). The maximum Gasteiger partial charge on any atom is 0.326 e. The second-order valence-corrected chi connectivity index (χ2v) is 19.1. The van der Waals surface area contributed by atoms with Gasteiger partial charge in [0.1, 0.15) is 12.1 Å². The number of hydrogen-bond donors (Lipinski definition) is 2. The van der Waals surface area contributed by atoms with Crippen molar-refractivity contribution in [2.75, 3.05) is 40.4 Å². The minimum atomic E-state index is -1.09. The number of aryl methyl sites for hydroxylation is 1. The molecular weight excluding hydrogens is 823 g/mol. The number of nitrogens with zero attached hydrogens (tertiary/aromatic N) is 7. The van der Waals surface area contributed by atoms with Crippen LogP contribution in [0.15, 0.2) is 54.6 Å². The van der Waals surface area contributed by atoms with E-state index in [1.54, 1.807) is 25.3 Å². The third-order valence-corrected chi connectivity index (χ3v) is 13.5. The molecule has 63 heavy (non-hydrogen) atoms. The number of likely N-dealkylation sites (N-methyl/N-ethyl adjacent to an activating group) is 1. The van der Waals surface area contributed by atoms with E-state index in [1.807, 2.05) is 45.3 Å². The number of hydrogen-bond acceptors (Lipinski definition) is 11. The molecule has 3 aliphatic rings. The predicted octanol–water partition coefficient (Wildman–Crippen LogP) is 5.36. The molecule has 0 radical (unpaired) electrons. The van der Waals surface area contributed by atoms with Crippen molar-refractivity contribution in [3.05, 3.63) is 75.7 Å². The minimum Gasteiger partial charge on any atom is -0.375 e. The summed E-state index contributed by atoms with van der Waals surface area (Å²) in [6.45, 7) is 14.4. The Morgan fingerprint density at radius 3 is 2.68 bits per heavy atom. The van der Waals surface area contributed by atoms with Crippen LogP contribution in [0.1, 0.15) is 76.3 Å². The molecule has 2 N–H and O–H groups in total. The monoisotopic (exact) mass is 882 g/mol. The number of hydrazine groups is 1. The van der Waals surface area contributed by atoms with E-state index in [4.69, 9.17) is 19.5 Å². The van der Waals surface area contributed by atoms with Gasteiger partial charge in [-0.1, -0.05) is 40.3 Å². The number of carbonyl (C=O) groups is 4. The molecule has 16 nitrogen and oxygen atoms in total. The first-order chi connectivity index (χ1) is 30.0. The SMILES string of the molecule is C=CC(=O)N1CC[C@H](C(=O)N(C)[C@H](C(=O)N[C@H]2Cc3nc(cs3)-c3ccc4c(c3)c(c(-c3cccnc3[C@H](C)OC)n4C)CC(C)(C)CO[N+](=O)[C@@H]3CCCN(N3)C2=O)C(C)C)C1. The fraction of sp³-hybridized carbons (Fsp3) is 0.522. The van der Waals surface area contributed by atoms with Crippen LogP contribution in [0.25, 0.3) is 33.4 Å². The number of benzene rings is 1. The highest BCUT2D eigenvalue weighted by Gasteiger charge is 2.42. The summed E-state index contributed by atoms with van der Waals surface area (Å²) in [6.07, 6.45) is 3.93. The summed E-state index contributed by atoms with van der Waals surface area (Å²) in [6, 6.07) is 8.26. The van der Waals surface area contributed by atoms with Crippen LogP contribution in [0.4, 0.5) is 0 Å². The number of thiazole rings is 1. The number of nitrogens with one attached hydrogen (secondary N) is 2. The van der Waals surface area contributed by atoms with Gasteiger partial charge in [-0.2, -0.15) is 5.43 Å². The van der Waals surface area contributed by atoms with Crippen molar-refractivity contribution >= 4 is 45.9 Å². The molecule has 5 atom stereocenters. The van der Waals surface area contributed by atoms with E-state index in [0.29, 0.717) is 48.7 Å². The molecule has 3 aliphatic heterocycles. The van der Waals surface area contributed by atoms with Gasteiger partial charge < -0.3 is 24.4 Å². The molecule has 0 unspecified atom stereocenters. The molecule has 3 aromatic heterocycles. The van der Waals surface area contributed by atoms with Crippen molar-refractivity contribution in [1.82, 2.24) is 40.1 Å². The summed E-state index contributed by atoms with van der Waals surface area (Å²) >= 11 is 1.40. The van der Waals surface area contributed by atoms with Gasteiger partial charge in [0.15, 0.2) is 6.61 Å². The van der Waals surface area contributed by atoms with Gasteiger partial charge in [-0.15, -0.1) is 11.3 Å². The van der Waals surface area contributed by atoms with Crippen LogP contribution in [0, 0.1) is 22.2 Å². The van der Waals surface area contributed by atoms with Gasteiger partial charge in [0, 0.05) is 92.7 Å². The first-order valence-electron chi connectivity index (χ1n) is 21.7. The van der Waals surface area contributed by atoms with Crippen molar-refractivity contribution < 1.29 is 33.7 Å². The molecule has 336 valence electrons. The quantitative estimate of drug-likeness (QED) is 0.209. The number of aromatic nitrogens is 3. The summed E-state index contributed by atoms with van der Waals surface area (Å²) in [7, 11) is 5.32. The number of ether oxygens (including phenoxy) is 1. The number of methoxy groups -OCH3 is 1. The zero-order valence-corrected chi connectivity index (χ0v) is 38.4. The van der Waals surface area contributed by atoms with Crippen molar-refractivity contribution in [2.45, 2.75) is 91.1 Å². The van der Waals surface area contributed by atoms with Crippen LogP contribution in [0.5, 0.6) is 0 Å². The number of carbonyl (C=O) groups excluding carboxylic acids is 4. The third-order valence-electron chi connectivity index (χ3n) is 12.6. The van der Waals surface area contributed by atoms with Crippen LogP contribution in [-0.4, -0.2) is 117 Å². The van der Waals surface area contributed by atoms with Crippen LogP contribution in [0.2, 0.25) is 0 Å². The molecule has 17 heteroatoms. The fourth-order valence-corrected chi connectivity index (χ4v) is 10.0. The Hall–Kier alpha value is -5.52. The second-order valence-electron chi connectivity index (χ2n) is 18.1. The lowest BCUT2D eigenvalue weighted by Gasteiger charge is -2.35. The van der Waals surface area contributed by atoms with E-state index in [-0.39, 0.29) is 43.4 Å². The van der Waals surface area contributed by atoms with Crippen molar-refractivity contribution in [1.29, 1.82) is 0 Å². The molecule has 4 amide bonds.